The van der Waals surface area contributed by atoms with Gasteiger partial charge in [0.2, 0.25) is 0 Å². The van der Waals surface area contributed by atoms with E-state index in [2.05, 4.69) is 17.7 Å². The summed E-state index contributed by atoms with van der Waals surface area (Å²) in [7, 11) is 0. The Morgan fingerprint density at radius 3 is 2.62 bits per heavy atom. The van der Waals surface area contributed by atoms with Crippen LogP contribution in [0.1, 0.15) is 55.5 Å². The molecule has 0 atom stereocenters. The van der Waals surface area contributed by atoms with Crippen LogP contribution in [0.2, 0.25) is 0 Å². The first-order chi connectivity index (χ1) is 6.34. The molecule has 2 heteroatoms. The fraction of sp³-hybridized carbons (Fsp3) is 0.727. The van der Waals surface area contributed by atoms with E-state index in [1.165, 1.54) is 43.5 Å². The third-order valence-corrected chi connectivity index (χ3v) is 3.36. The van der Waals surface area contributed by atoms with Crippen LogP contribution in [-0.2, 0) is 0 Å². The van der Waals surface area contributed by atoms with Crippen LogP contribution in [0.15, 0.2) is 6.07 Å². The Hall–Kier alpha value is -0.790. The van der Waals surface area contributed by atoms with Gasteiger partial charge in [0.15, 0.2) is 0 Å². The van der Waals surface area contributed by atoms with Crippen molar-refractivity contribution in [3.8, 4) is 0 Å². The van der Waals surface area contributed by atoms with E-state index in [4.69, 9.17) is 5.10 Å². The molecule has 13 heavy (non-hydrogen) atoms. The lowest BCUT2D eigenvalue weighted by Gasteiger charge is -2.26. The maximum Gasteiger partial charge on any atom is 0.0658 e. The van der Waals surface area contributed by atoms with Gasteiger partial charge >= 0.3 is 0 Å². The van der Waals surface area contributed by atoms with Gasteiger partial charge in [-0.3, -0.25) is 4.68 Å². The molecule has 0 radical (unpaired) electrons. The molecular formula is C11H16N2. The molecule has 2 fully saturated rings. The van der Waals surface area contributed by atoms with Crippen LogP contribution in [0.5, 0.6) is 0 Å². The van der Waals surface area contributed by atoms with E-state index < -0.39 is 0 Å². The van der Waals surface area contributed by atoms with Crippen molar-refractivity contribution in [2.75, 3.05) is 0 Å². The van der Waals surface area contributed by atoms with Gasteiger partial charge in [0.25, 0.3) is 0 Å². The molecule has 0 N–H and O–H groups in total. The molecule has 1 aromatic heterocycles. The molecule has 0 aliphatic heterocycles. The van der Waals surface area contributed by atoms with Crippen LogP contribution in [0.25, 0.3) is 0 Å². The first-order valence-electron chi connectivity index (χ1n) is 5.40. The fourth-order valence-electron chi connectivity index (χ4n) is 2.09. The summed E-state index contributed by atoms with van der Waals surface area (Å²) < 4.78 is 2.26. The number of rotatable bonds is 2. The average molecular weight is 176 g/mol. The van der Waals surface area contributed by atoms with Crippen LogP contribution in [0.3, 0.4) is 0 Å². The second-order valence-corrected chi connectivity index (χ2v) is 4.51. The smallest absolute Gasteiger partial charge is 0.0658 e. The predicted octanol–water partition coefficient (Wildman–Crippen LogP) is 2.79. The van der Waals surface area contributed by atoms with E-state index >= 15 is 0 Å². The fourth-order valence-corrected chi connectivity index (χ4v) is 2.09. The zero-order valence-corrected chi connectivity index (χ0v) is 8.16. The average Bonchev–Trinajstić information content (AvgIpc) is 2.76. The lowest BCUT2D eigenvalue weighted by Crippen LogP contribution is -2.19. The van der Waals surface area contributed by atoms with Gasteiger partial charge in [0, 0.05) is 11.6 Å². The SMILES string of the molecule is Cc1cc(C2CC2)nn1C1CCC1. The normalized spacial score (nSPS) is 23.2. The molecule has 0 spiro atoms. The molecule has 3 rings (SSSR count). The Morgan fingerprint density at radius 1 is 1.31 bits per heavy atom. The third-order valence-electron chi connectivity index (χ3n) is 3.36. The molecule has 1 heterocycles. The van der Waals surface area contributed by atoms with Crippen molar-refractivity contribution in [1.82, 2.24) is 9.78 Å². The monoisotopic (exact) mass is 176 g/mol. The van der Waals surface area contributed by atoms with E-state index in [1.807, 2.05) is 0 Å². The maximum absolute atomic E-state index is 4.71. The highest BCUT2D eigenvalue weighted by molar-refractivity contribution is 5.18. The molecule has 2 nitrogen and oxygen atoms in total. The number of hydrogen-bond acceptors (Lipinski definition) is 1. The Balaban J connectivity index is 1.90. The van der Waals surface area contributed by atoms with Gasteiger partial charge in [-0.1, -0.05) is 0 Å². The summed E-state index contributed by atoms with van der Waals surface area (Å²) in [5.74, 6) is 0.806. The summed E-state index contributed by atoms with van der Waals surface area (Å²) in [5.41, 5.74) is 2.72. The number of nitrogens with zero attached hydrogens (tertiary/aromatic N) is 2. The van der Waals surface area contributed by atoms with E-state index in [0.29, 0.717) is 0 Å². The van der Waals surface area contributed by atoms with Gasteiger partial charge in [-0.25, -0.2) is 0 Å². The first-order valence-corrected chi connectivity index (χ1v) is 5.40. The maximum atomic E-state index is 4.71. The second kappa shape index (κ2) is 2.60. The highest BCUT2D eigenvalue weighted by atomic mass is 15.3. The van der Waals surface area contributed by atoms with Crippen molar-refractivity contribution in [3.05, 3.63) is 17.5 Å². The molecular weight excluding hydrogens is 160 g/mol. The van der Waals surface area contributed by atoms with Gasteiger partial charge < -0.3 is 0 Å². The first kappa shape index (κ1) is 7.60. The topological polar surface area (TPSA) is 17.8 Å². The third kappa shape index (κ3) is 1.19. The minimum atomic E-state index is 0.729. The minimum absolute atomic E-state index is 0.729. The molecule has 1 aromatic rings. The Kier molecular flexibility index (Phi) is 1.52. The molecule has 0 aromatic carbocycles. The standard InChI is InChI=1S/C11H16N2/c1-8-7-11(9-5-6-9)12-13(8)10-3-2-4-10/h7,9-10H,2-6H2,1H3. The summed E-state index contributed by atoms with van der Waals surface area (Å²) in [6, 6.07) is 3.02. The molecule has 0 amide bonds. The van der Waals surface area contributed by atoms with Crippen molar-refractivity contribution < 1.29 is 0 Å². The number of aromatic nitrogens is 2. The van der Waals surface area contributed by atoms with Crippen LogP contribution in [0, 0.1) is 6.92 Å². The lowest BCUT2D eigenvalue weighted by molar-refractivity contribution is 0.283. The van der Waals surface area contributed by atoms with Crippen molar-refractivity contribution >= 4 is 0 Å². The number of hydrogen-bond donors (Lipinski definition) is 0. The molecule has 70 valence electrons. The van der Waals surface area contributed by atoms with Crippen molar-refractivity contribution in [3.63, 3.8) is 0 Å². The van der Waals surface area contributed by atoms with E-state index in [0.717, 1.165) is 12.0 Å². The van der Waals surface area contributed by atoms with Gasteiger partial charge in [-0.05, 0) is 45.1 Å². The zero-order valence-electron chi connectivity index (χ0n) is 8.16. The molecule has 0 unspecified atom stereocenters. The molecule has 2 aliphatic carbocycles. The highest BCUT2D eigenvalue weighted by Crippen LogP contribution is 2.40. The molecule has 2 saturated carbocycles. The Labute approximate surface area is 78.9 Å². The largest absolute Gasteiger partial charge is 0.267 e. The second-order valence-electron chi connectivity index (χ2n) is 4.51. The molecule has 2 aliphatic rings. The van der Waals surface area contributed by atoms with Crippen molar-refractivity contribution in [1.29, 1.82) is 0 Å². The van der Waals surface area contributed by atoms with Crippen LogP contribution >= 0.6 is 0 Å². The van der Waals surface area contributed by atoms with Crippen LogP contribution < -0.4 is 0 Å². The van der Waals surface area contributed by atoms with E-state index in [9.17, 15) is 0 Å². The van der Waals surface area contributed by atoms with Crippen LogP contribution in [0.4, 0.5) is 0 Å². The Morgan fingerprint density at radius 2 is 2.08 bits per heavy atom. The Bertz CT molecular complexity index is 319. The summed E-state index contributed by atoms with van der Waals surface area (Å²) in [6.07, 6.45) is 6.80. The van der Waals surface area contributed by atoms with Crippen LogP contribution in [-0.4, -0.2) is 9.78 Å². The van der Waals surface area contributed by atoms with Gasteiger partial charge in [-0.2, -0.15) is 5.10 Å². The number of aryl methyl sites for hydroxylation is 1. The molecule has 0 saturated heterocycles. The summed E-state index contributed by atoms with van der Waals surface area (Å²) in [4.78, 5) is 0. The lowest BCUT2D eigenvalue weighted by atomic mass is 9.93. The van der Waals surface area contributed by atoms with Gasteiger partial charge in [0.1, 0.15) is 0 Å². The minimum Gasteiger partial charge on any atom is -0.267 e. The van der Waals surface area contributed by atoms with Crippen molar-refractivity contribution in [2.24, 2.45) is 0 Å². The summed E-state index contributed by atoms with van der Waals surface area (Å²) in [6.45, 7) is 2.19. The van der Waals surface area contributed by atoms with Gasteiger partial charge in [0.05, 0.1) is 11.7 Å². The van der Waals surface area contributed by atoms with Crippen molar-refractivity contribution in [2.45, 2.75) is 51.0 Å². The quantitative estimate of drug-likeness (QED) is 0.677. The van der Waals surface area contributed by atoms with E-state index in [-0.39, 0.29) is 0 Å². The predicted molar refractivity (Wildman–Crippen MR) is 51.8 cm³/mol. The van der Waals surface area contributed by atoms with Gasteiger partial charge in [-0.15, -0.1) is 0 Å². The summed E-state index contributed by atoms with van der Waals surface area (Å²) in [5, 5.41) is 4.71. The molecule has 0 bridgehead atoms. The highest BCUT2D eigenvalue weighted by Gasteiger charge is 2.29. The van der Waals surface area contributed by atoms with E-state index in [1.54, 1.807) is 0 Å². The summed E-state index contributed by atoms with van der Waals surface area (Å²) >= 11 is 0. The zero-order chi connectivity index (χ0) is 8.84.